The summed E-state index contributed by atoms with van der Waals surface area (Å²) in [7, 11) is 0. The van der Waals surface area contributed by atoms with Crippen LogP contribution in [0.25, 0.3) is 0 Å². The first-order valence-electron chi connectivity index (χ1n) is 6.43. The Balaban J connectivity index is 2.15. The Bertz CT molecular complexity index is 716. The molecule has 2 heterocycles. The number of nitrogens with one attached hydrogen (secondary N) is 2. The first-order chi connectivity index (χ1) is 9.97. The number of nitrogens with zero attached hydrogens (tertiary/aromatic N) is 1. The number of H-pyrrole nitrogens is 1. The molecule has 7 heteroatoms. The van der Waals surface area contributed by atoms with E-state index >= 15 is 0 Å². The minimum absolute atomic E-state index is 0.183. The number of thioether (sulfide) groups is 1. The van der Waals surface area contributed by atoms with E-state index in [1.165, 1.54) is 23.9 Å². The van der Waals surface area contributed by atoms with Crippen LogP contribution in [-0.4, -0.2) is 21.4 Å². The van der Waals surface area contributed by atoms with Crippen LogP contribution in [0.4, 0.5) is 14.6 Å². The number of carbonyl (C=O) groups is 1. The molecule has 1 aliphatic heterocycles. The minimum atomic E-state index is -0.624. The molecule has 0 spiro atoms. The van der Waals surface area contributed by atoms with Crippen molar-refractivity contribution in [2.24, 2.45) is 0 Å². The van der Waals surface area contributed by atoms with Gasteiger partial charge in [-0.05, 0) is 19.9 Å². The topological polar surface area (TPSA) is 57.8 Å². The SMILES string of the molecule is Cc1[nH]nc2c1[C@H](c1ccc(F)cc1F)S[C@@H](C)C(=O)N2. The minimum Gasteiger partial charge on any atom is -0.308 e. The lowest BCUT2D eigenvalue weighted by Crippen LogP contribution is -2.21. The number of fused-ring (bicyclic) bond motifs is 1. The van der Waals surface area contributed by atoms with Gasteiger partial charge in [-0.3, -0.25) is 9.89 Å². The number of hydrogen-bond acceptors (Lipinski definition) is 3. The zero-order valence-corrected chi connectivity index (χ0v) is 12.2. The summed E-state index contributed by atoms with van der Waals surface area (Å²) in [5.74, 6) is -1.03. The standard InChI is InChI=1S/C14H13F2N3OS/c1-6-11-12(9-4-3-8(15)5-10(9)16)21-7(2)14(20)17-13(11)19-18-6/h3-5,7,12H,1-2H3,(H2,17,18,19,20)/t7-,12-/m0/s1. The van der Waals surface area contributed by atoms with Gasteiger partial charge < -0.3 is 5.32 Å². The summed E-state index contributed by atoms with van der Waals surface area (Å²) in [4.78, 5) is 12.0. The summed E-state index contributed by atoms with van der Waals surface area (Å²) in [5.41, 5.74) is 1.82. The Kier molecular flexibility index (Phi) is 3.44. The lowest BCUT2D eigenvalue weighted by atomic mass is 10.0. The van der Waals surface area contributed by atoms with Crippen LogP contribution in [0.15, 0.2) is 18.2 Å². The molecular weight excluding hydrogens is 296 g/mol. The summed E-state index contributed by atoms with van der Waals surface area (Å²) in [6.07, 6.45) is 0. The molecule has 0 saturated carbocycles. The first kappa shape index (κ1) is 14.1. The second-order valence-corrected chi connectivity index (χ2v) is 6.38. The number of aromatic nitrogens is 2. The van der Waals surface area contributed by atoms with E-state index in [9.17, 15) is 13.6 Å². The van der Waals surface area contributed by atoms with Gasteiger partial charge in [0.25, 0.3) is 0 Å². The normalized spacial score (nSPS) is 21.6. The molecule has 1 aromatic carbocycles. The van der Waals surface area contributed by atoms with Gasteiger partial charge in [0.15, 0.2) is 5.82 Å². The van der Waals surface area contributed by atoms with Crippen molar-refractivity contribution in [3.8, 4) is 0 Å². The molecule has 2 aromatic rings. The monoisotopic (exact) mass is 309 g/mol. The van der Waals surface area contributed by atoms with Crippen molar-refractivity contribution in [3.05, 3.63) is 46.7 Å². The largest absolute Gasteiger partial charge is 0.308 e. The Morgan fingerprint density at radius 1 is 1.33 bits per heavy atom. The number of anilines is 1. The Hall–Kier alpha value is -1.89. The molecule has 110 valence electrons. The lowest BCUT2D eigenvalue weighted by molar-refractivity contribution is -0.115. The van der Waals surface area contributed by atoms with Crippen LogP contribution in [0.5, 0.6) is 0 Å². The summed E-state index contributed by atoms with van der Waals surface area (Å²) in [6.45, 7) is 3.56. The molecule has 0 unspecified atom stereocenters. The van der Waals surface area contributed by atoms with Gasteiger partial charge in [-0.2, -0.15) is 5.10 Å². The predicted molar refractivity (Wildman–Crippen MR) is 77.2 cm³/mol. The van der Waals surface area contributed by atoms with Gasteiger partial charge >= 0.3 is 0 Å². The van der Waals surface area contributed by atoms with Gasteiger partial charge in [0.1, 0.15) is 11.6 Å². The maximum absolute atomic E-state index is 14.1. The summed E-state index contributed by atoms with van der Waals surface area (Å²) in [6, 6.07) is 3.50. The molecule has 1 aliphatic rings. The van der Waals surface area contributed by atoms with Crippen LogP contribution >= 0.6 is 11.8 Å². The Morgan fingerprint density at radius 3 is 2.81 bits per heavy atom. The smallest absolute Gasteiger partial charge is 0.238 e. The number of aromatic amines is 1. The van der Waals surface area contributed by atoms with Gasteiger partial charge in [0.05, 0.1) is 10.5 Å². The zero-order valence-electron chi connectivity index (χ0n) is 11.4. The van der Waals surface area contributed by atoms with E-state index in [0.717, 1.165) is 17.3 Å². The second kappa shape index (κ2) is 5.14. The van der Waals surface area contributed by atoms with Crippen LogP contribution in [0, 0.1) is 18.6 Å². The molecule has 0 saturated heterocycles. The van der Waals surface area contributed by atoms with Gasteiger partial charge in [-0.25, -0.2) is 8.78 Å². The molecule has 3 rings (SSSR count). The van der Waals surface area contributed by atoms with Gasteiger partial charge in [0, 0.05) is 22.9 Å². The van der Waals surface area contributed by atoms with Crippen LogP contribution in [0.3, 0.4) is 0 Å². The third kappa shape index (κ3) is 2.42. The summed E-state index contributed by atoms with van der Waals surface area (Å²) >= 11 is 1.32. The predicted octanol–water partition coefficient (Wildman–Crippen LogP) is 3.16. The zero-order chi connectivity index (χ0) is 15.1. The second-order valence-electron chi connectivity index (χ2n) is 4.92. The van der Waals surface area contributed by atoms with E-state index in [1.807, 2.05) is 6.92 Å². The summed E-state index contributed by atoms with van der Waals surface area (Å²) < 4.78 is 27.3. The van der Waals surface area contributed by atoms with E-state index in [-0.39, 0.29) is 11.2 Å². The van der Waals surface area contributed by atoms with Crippen molar-refractivity contribution >= 4 is 23.5 Å². The maximum Gasteiger partial charge on any atom is 0.238 e. The van der Waals surface area contributed by atoms with E-state index in [4.69, 9.17) is 0 Å². The fourth-order valence-corrected chi connectivity index (χ4v) is 3.70. The molecule has 2 N–H and O–H groups in total. The molecule has 2 atom stereocenters. The van der Waals surface area contributed by atoms with Crippen LogP contribution < -0.4 is 5.32 Å². The number of hydrogen-bond donors (Lipinski definition) is 2. The number of carbonyl (C=O) groups excluding carboxylic acids is 1. The highest BCUT2D eigenvalue weighted by molar-refractivity contribution is 8.01. The molecule has 1 amide bonds. The summed E-state index contributed by atoms with van der Waals surface area (Å²) in [5, 5.41) is 8.79. The van der Waals surface area contributed by atoms with Crippen LogP contribution in [0.2, 0.25) is 0 Å². The van der Waals surface area contributed by atoms with Crippen molar-refractivity contribution in [1.82, 2.24) is 10.2 Å². The van der Waals surface area contributed by atoms with E-state index in [0.29, 0.717) is 11.4 Å². The molecular formula is C14H13F2N3OS. The highest BCUT2D eigenvalue weighted by atomic mass is 32.2. The van der Waals surface area contributed by atoms with Crippen molar-refractivity contribution in [1.29, 1.82) is 0 Å². The van der Waals surface area contributed by atoms with Crippen molar-refractivity contribution in [3.63, 3.8) is 0 Å². The molecule has 0 aliphatic carbocycles. The van der Waals surface area contributed by atoms with Crippen LogP contribution in [0.1, 0.15) is 29.0 Å². The molecule has 0 radical (unpaired) electrons. The Labute approximate surface area is 124 Å². The molecule has 0 bridgehead atoms. The van der Waals surface area contributed by atoms with Gasteiger partial charge in [-0.1, -0.05) is 6.07 Å². The fourth-order valence-electron chi connectivity index (χ4n) is 2.35. The first-order valence-corrected chi connectivity index (χ1v) is 7.37. The Morgan fingerprint density at radius 2 is 2.10 bits per heavy atom. The van der Waals surface area contributed by atoms with Crippen molar-refractivity contribution in [2.75, 3.05) is 5.32 Å². The quantitative estimate of drug-likeness (QED) is 0.851. The third-order valence-corrected chi connectivity index (χ3v) is 4.84. The number of halogens is 2. The molecule has 21 heavy (non-hydrogen) atoms. The van der Waals surface area contributed by atoms with E-state index in [1.54, 1.807) is 6.92 Å². The molecule has 1 aromatic heterocycles. The third-order valence-electron chi connectivity index (χ3n) is 3.45. The highest BCUT2D eigenvalue weighted by Gasteiger charge is 2.33. The number of amides is 1. The average molecular weight is 309 g/mol. The van der Waals surface area contributed by atoms with Gasteiger partial charge in [-0.15, -0.1) is 11.8 Å². The number of rotatable bonds is 1. The number of benzene rings is 1. The highest BCUT2D eigenvalue weighted by Crippen LogP contribution is 2.45. The lowest BCUT2D eigenvalue weighted by Gasteiger charge is -2.18. The van der Waals surface area contributed by atoms with Crippen LogP contribution in [-0.2, 0) is 4.79 Å². The number of aryl methyl sites for hydroxylation is 1. The van der Waals surface area contributed by atoms with Crippen molar-refractivity contribution in [2.45, 2.75) is 24.3 Å². The maximum atomic E-state index is 14.1. The van der Waals surface area contributed by atoms with Gasteiger partial charge in [0.2, 0.25) is 5.91 Å². The fraction of sp³-hybridized carbons (Fsp3) is 0.286. The average Bonchev–Trinajstić information content (AvgIpc) is 2.71. The molecule has 0 fully saturated rings. The molecule has 4 nitrogen and oxygen atoms in total. The van der Waals surface area contributed by atoms with E-state index < -0.39 is 16.9 Å². The van der Waals surface area contributed by atoms with Crippen molar-refractivity contribution < 1.29 is 13.6 Å². The van der Waals surface area contributed by atoms with E-state index in [2.05, 4.69) is 15.5 Å².